The first-order valence-electron chi connectivity index (χ1n) is 5.53. The quantitative estimate of drug-likeness (QED) is 0.919. The Morgan fingerprint density at radius 2 is 1.75 bits per heavy atom. The summed E-state index contributed by atoms with van der Waals surface area (Å²) in [5, 5.41) is 3.54. The zero-order valence-corrected chi connectivity index (χ0v) is 12.3. The molecule has 0 fully saturated rings. The van der Waals surface area contributed by atoms with Crippen LogP contribution in [0.3, 0.4) is 0 Å². The van der Waals surface area contributed by atoms with E-state index in [1.54, 1.807) is 24.5 Å². The fraction of sp³-hybridized carbons (Fsp3) is 0.0769. The van der Waals surface area contributed by atoms with E-state index in [0.29, 0.717) is 10.7 Å². The Morgan fingerprint density at radius 1 is 1.15 bits per heavy atom. The van der Waals surface area contributed by atoms with Crippen LogP contribution in [0.15, 0.2) is 36.7 Å². The molecular formula is C13H9Cl3N2O2. The third-order valence-corrected chi connectivity index (χ3v) is 3.05. The number of halogens is 3. The average Bonchev–Trinajstić information content (AvgIpc) is 2.38. The molecule has 1 amide bonds. The summed E-state index contributed by atoms with van der Waals surface area (Å²) in [6.45, 7) is -0.219. The summed E-state index contributed by atoms with van der Waals surface area (Å²) < 4.78 is 5.31. The molecular weight excluding hydrogens is 323 g/mol. The van der Waals surface area contributed by atoms with Crippen LogP contribution in [0.2, 0.25) is 15.1 Å². The van der Waals surface area contributed by atoms with Gasteiger partial charge in [0.2, 0.25) is 0 Å². The topological polar surface area (TPSA) is 51.2 Å². The number of anilines is 1. The van der Waals surface area contributed by atoms with E-state index in [2.05, 4.69) is 10.3 Å². The molecule has 0 bridgehead atoms. The number of rotatable bonds is 4. The van der Waals surface area contributed by atoms with E-state index in [1.807, 2.05) is 0 Å². The van der Waals surface area contributed by atoms with Crippen molar-refractivity contribution in [3.8, 4) is 5.75 Å². The third-order valence-electron chi connectivity index (χ3n) is 2.27. The highest BCUT2D eigenvalue weighted by molar-refractivity contribution is 6.40. The number of carbonyl (C=O) groups excluding carboxylic acids is 1. The molecule has 4 nitrogen and oxygen atoms in total. The first-order chi connectivity index (χ1) is 9.56. The Hall–Kier alpha value is -1.49. The fourth-order valence-corrected chi connectivity index (χ4v) is 2.36. The van der Waals surface area contributed by atoms with Crippen molar-refractivity contribution in [2.75, 3.05) is 11.9 Å². The van der Waals surface area contributed by atoms with Gasteiger partial charge in [-0.15, -0.1) is 0 Å². The van der Waals surface area contributed by atoms with E-state index in [1.165, 1.54) is 12.1 Å². The predicted molar refractivity (Wildman–Crippen MR) is 79.8 cm³/mol. The summed E-state index contributed by atoms with van der Waals surface area (Å²) in [6.07, 6.45) is 3.15. The molecule has 0 aliphatic carbocycles. The number of pyridine rings is 1. The van der Waals surface area contributed by atoms with Gasteiger partial charge in [0.15, 0.2) is 12.4 Å². The summed E-state index contributed by atoms with van der Waals surface area (Å²) in [7, 11) is 0. The molecule has 0 atom stereocenters. The number of aromatic nitrogens is 1. The van der Waals surface area contributed by atoms with E-state index in [0.717, 1.165) is 0 Å². The molecule has 1 aromatic heterocycles. The van der Waals surface area contributed by atoms with Crippen molar-refractivity contribution in [1.29, 1.82) is 0 Å². The van der Waals surface area contributed by atoms with Crippen LogP contribution >= 0.6 is 34.8 Å². The smallest absolute Gasteiger partial charge is 0.262 e. The summed E-state index contributed by atoms with van der Waals surface area (Å²) in [5.74, 6) is -0.110. The molecule has 1 aromatic carbocycles. The van der Waals surface area contributed by atoms with Crippen molar-refractivity contribution in [1.82, 2.24) is 4.98 Å². The third kappa shape index (κ3) is 4.00. The van der Waals surface area contributed by atoms with E-state index in [4.69, 9.17) is 39.5 Å². The van der Waals surface area contributed by atoms with Gasteiger partial charge in [-0.25, -0.2) is 0 Å². The Kier molecular flexibility index (Phi) is 5.06. The maximum atomic E-state index is 11.7. The van der Waals surface area contributed by atoms with Gasteiger partial charge < -0.3 is 10.1 Å². The molecule has 2 aromatic rings. The van der Waals surface area contributed by atoms with Crippen LogP contribution < -0.4 is 10.1 Å². The Balaban J connectivity index is 1.97. The van der Waals surface area contributed by atoms with Gasteiger partial charge in [-0.1, -0.05) is 34.8 Å². The van der Waals surface area contributed by atoms with Gasteiger partial charge in [-0.05, 0) is 24.3 Å². The van der Waals surface area contributed by atoms with Crippen LogP contribution in [0.4, 0.5) is 5.69 Å². The number of nitrogens with one attached hydrogen (secondary N) is 1. The lowest BCUT2D eigenvalue weighted by molar-refractivity contribution is -0.118. The summed E-state index contributed by atoms with van der Waals surface area (Å²) >= 11 is 17.7. The lowest BCUT2D eigenvalue weighted by Crippen LogP contribution is -2.20. The summed E-state index contributed by atoms with van der Waals surface area (Å²) in [4.78, 5) is 15.6. The molecule has 0 radical (unpaired) electrons. The minimum Gasteiger partial charge on any atom is -0.481 e. The minimum atomic E-state index is -0.335. The van der Waals surface area contributed by atoms with Crippen molar-refractivity contribution in [2.45, 2.75) is 0 Å². The van der Waals surface area contributed by atoms with Crippen molar-refractivity contribution in [3.05, 3.63) is 51.7 Å². The lowest BCUT2D eigenvalue weighted by atomic mass is 10.3. The first-order valence-corrected chi connectivity index (χ1v) is 6.67. The molecule has 0 spiro atoms. The summed E-state index contributed by atoms with van der Waals surface area (Å²) in [6, 6.07) is 6.32. The molecule has 0 aliphatic heterocycles. The van der Waals surface area contributed by atoms with Gasteiger partial charge in [0, 0.05) is 23.1 Å². The van der Waals surface area contributed by atoms with Crippen molar-refractivity contribution >= 4 is 46.4 Å². The van der Waals surface area contributed by atoms with Crippen molar-refractivity contribution in [3.63, 3.8) is 0 Å². The monoisotopic (exact) mass is 330 g/mol. The van der Waals surface area contributed by atoms with Gasteiger partial charge in [0.05, 0.1) is 10.0 Å². The van der Waals surface area contributed by atoms with Gasteiger partial charge >= 0.3 is 0 Å². The normalized spacial score (nSPS) is 10.2. The number of nitrogens with zero attached hydrogens (tertiary/aromatic N) is 1. The van der Waals surface area contributed by atoms with Gasteiger partial charge in [0.1, 0.15) is 0 Å². The average molecular weight is 332 g/mol. The van der Waals surface area contributed by atoms with Crippen LogP contribution in [0.1, 0.15) is 0 Å². The standard InChI is InChI=1S/C13H9Cl3N2O2/c14-8-5-10(15)13(11(16)6-8)20-7-12(19)18-9-1-3-17-4-2-9/h1-6H,7H2,(H,17,18,19). The summed E-state index contributed by atoms with van der Waals surface area (Å²) in [5.41, 5.74) is 0.627. The SMILES string of the molecule is O=C(COc1c(Cl)cc(Cl)cc1Cl)Nc1ccncc1. The van der Waals surface area contributed by atoms with Crippen LogP contribution in [0.25, 0.3) is 0 Å². The number of benzene rings is 1. The van der Waals surface area contributed by atoms with E-state index >= 15 is 0 Å². The number of hydrogen-bond donors (Lipinski definition) is 1. The zero-order chi connectivity index (χ0) is 14.5. The molecule has 2 rings (SSSR count). The number of carbonyl (C=O) groups is 1. The number of amides is 1. The molecule has 1 N–H and O–H groups in total. The van der Waals surface area contributed by atoms with E-state index in [-0.39, 0.29) is 28.3 Å². The second-order valence-electron chi connectivity index (χ2n) is 3.77. The largest absolute Gasteiger partial charge is 0.481 e. The molecule has 104 valence electrons. The number of hydrogen-bond acceptors (Lipinski definition) is 3. The molecule has 7 heteroatoms. The maximum absolute atomic E-state index is 11.7. The molecule has 20 heavy (non-hydrogen) atoms. The van der Waals surface area contributed by atoms with Gasteiger partial charge in [0.25, 0.3) is 5.91 Å². The molecule has 0 saturated heterocycles. The molecule has 0 aliphatic rings. The van der Waals surface area contributed by atoms with E-state index < -0.39 is 0 Å². The van der Waals surface area contributed by atoms with Crippen LogP contribution in [0, 0.1) is 0 Å². The highest BCUT2D eigenvalue weighted by Crippen LogP contribution is 2.35. The molecule has 0 unspecified atom stereocenters. The predicted octanol–water partition coefficient (Wildman–Crippen LogP) is 4.06. The zero-order valence-electron chi connectivity index (χ0n) is 10.1. The second kappa shape index (κ2) is 6.79. The number of ether oxygens (including phenoxy) is 1. The highest BCUT2D eigenvalue weighted by atomic mass is 35.5. The van der Waals surface area contributed by atoms with Crippen molar-refractivity contribution < 1.29 is 9.53 Å². The van der Waals surface area contributed by atoms with E-state index in [9.17, 15) is 4.79 Å². The minimum absolute atomic E-state index is 0.219. The Morgan fingerprint density at radius 3 is 2.35 bits per heavy atom. The van der Waals surface area contributed by atoms with Gasteiger partial charge in [-0.2, -0.15) is 0 Å². The fourth-order valence-electron chi connectivity index (χ4n) is 1.44. The Bertz CT molecular complexity index is 597. The first kappa shape index (κ1) is 14.9. The lowest BCUT2D eigenvalue weighted by Gasteiger charge is -2.10. The molecule has 0 saturated carbocycles. The van der Waals surface area contributed by atoms with Crippen LogP contribution in [-0.2, 0) is 4.79 Å². The highest BCUT2D eigenvalue weighted by Gasteiger charge is 2.11. The second-order valence-corrected chi connectivity index (χ2v) is 5.02. The van der Waals surface area contributed by atoms with Crippen LogP contribution in [0.5, 0.6) is 5.75 Å². The van der Waals surface area contributed by atoms with Gasteiger partial charge in [-0.3, -0.25) is 9.78 Å². The van der Waals surface area contributed by atoms with Crippen LogP contribution in [-0.4, -0.2) is 17.5 Å². The van der Waals surface area contributed by atoms with Crippen molar-refractivity contribution in [2.24, 2.45) is 0 Å². The molecule has 1 heterocycles. The maximum Gasteiger partial charge on any atom is 0.262 e. The Labute approximate surface area is 130 Å².